The molecule has 0 spiro atoms. The van der Waals surface area contributed by atoms with Crippen LogP contribution in [-0.2, 0) is 6.54 Å². The Bertz CT molecular complexity index is 498. The maximum Gasteiger partial charge on any atom is 0.145 e. The molecule has 0 aliphatic heterocycles. The molecule has 17 heavy (non-hydrogen) atoms. The van der Waals surface area contributed by atoms with Crippen molar-refractivity contribution in [3.63, 3.8) is 0 Å². The van der Waals surface area contributed by atoms with Gasteiger partial charge < -0.3 is 10.7 Å². The molecule has 0 radical (unpaired) electrons. The number of nitrogens with two attached hydrogens (primary N) is 1. The predicted octanol–water partition coefficient (Wildman–Crippen LogP) is 1.68. The van der Waals surface area contributed by atoms with Crippen LogP contribution in [0.1, 0.15) is 11.1 Å². The first-order valence-electron chi connectivity index (χ1n) is 5.36. The second-order valence-corrected chi connectivity index (χ2v) is 3.78. The molecular formula is C12H15N5. The Labute approximate surface area is 100 Å². The Hall–Kier alpha value is -2.14. The van der Waals surface area contributed by atoms with E-state index in [1.807, 2.05) is 6.07 Å². The highest BCUT2D eigenvalue weighted by molar-refractivity contribution is 5.46. The molecule has 2 aromatic rings. The Balaban J connectivity index is 2.02. The third-order valence-electron chi connectivity index (χ3n) is 2.37. The van der Waals surface area contributed by atoms with Crippen LogP contribution in [0, 0.1) is 6.92 Å². The molecule has 0 saturated heterocycles. The van der Waals surface area contributed by atoms with Gasteiger partial charge in [-0.25, -0.2) is 15.8 Å². The molecule has 5 heteroatoms. The molecule has 0 fully saturated rings. The van der Waals surface area contributed by atoms with Crippen LogP contribution in [0.5, 0.6) is 0 Å². The first-order chi connectivity index (χ1) is 8.28. The number of rotatable bonds is 4. The fraction of sp³-hybridized carbons (Fsp3) is 0.167. The van der Waals surface area contributed by atoms with Gasteiger partial charge in [0.1, 0.15) is 18.0 Å². The van der Waals surface area contributed by atoms with Gasteiger partial charge in [0.2, 0.25) is 0 Å². The normalized spacial score (nSPS) is 10.0. The van der Waals surface area contributed by atoms with Crippen molar-refractivity contribution >= 4 is 11.6 Å². The molecule has 1 aromatic heterocycles. The van der Waals surface area contributed by atoms with Crippen LogP contribution in [0.3, 0.4) is 0 Å². The summed E-state index contributed by atoms with van der Waals surface area (Å²) in [5.74, 6) is 6.61. The Morgan fingerprint density at radius 2 is 2.00 bits per heavy atom. The lowest BCUT2D eigenvalue weighted by molar-refractivity contribution is 1.07. The maximum absolute atomic E-state index is 5.28. The van der Waals surface area contributed by atoms with Crippen LogP contribution in [0.2, 0.25) is 0 Å². The van der Waals surface area contributed by atoms with Gasteiger partial charge in [-0.2, -0.15) is 0 Å². The molecule has 1 heterocycles. The summed E-state index contributed by atoms with van der Waals surface area (Å²) in [7, 11) is 0. The van der Waals surface area contributed by atoms with Crippen LogP contribution in [0.25, 0.3) is 0 Å². The molecule has 0 saturated carbocycles. The quantitative estimate of drug-likeness (QED) is 0.549. The molecule has 0 aliphatic carbocycles. The molecule has 0 bridgehead atoms. The van der Waals surface area contributed by atoms with Gasteiger partial charge in [0, 0.05) is 12.6 Å². The minimum atomic E-state index is 0.590. The van der Waals surface area contributed by atoms with Crippen LogP contribution in [-0.4, -0.2) is 9.97 Å². The molecule has 5 nitrogen and oxygen atoms in total. The molecule has 0 aliphatic rings. The highest BCUT2D eigenvalue weighted by atomic mass is 15.3. The van der Waals surface area contributed by atoms with E-state index in [4.69, 9.17) is 5.84 Å². The van der Waals surface area contributed by atoms with E-state index in [-0.39, 0.29) is 0 Å². The van der Waals surface area contributed by atoms with Gasteiger partial charge >= 0.3 is 0 Å². The number of benzene rings is 1. The topological polar surface area (TPSA) is 75.9 Å². The Kier molecular flexibility index (Phi) is 3.52. The summed E-state index contributed by atoms with van der Waals surface area (Å²) in [5.41, 5.74) is 4.94. The third kappa shape index (κ3) is 3.15. The zero-order chi connectivity index (χ0) is 12.1. The molecule has 2 rings (SSSR count). The molecule has 0 unspecified atom stereocenters. The first-order valence-corrected chi connectivity index (χ1v) is 5.36. The zero-order valence-electron chi connectivity index (χ0n) is 9.64. The average molecular weight is 229 g/mol. The van der Waals surface area contributed by atoms with Crippen LogP contribution < -0.4 is 16.6 Å². The summed E-state index contributed by atoms with van der Waals surface area (Å²) >= 11 is 0. The summed E-state index contributed by atoms with van der Waals surface area (Å²) in [5, 5.41) is 3.22. The van der Waals surface area contributed by atoms with Crippen molar-refractivity contribution in [1.82, 2.24) is 9.97 Å². The highest BCUT2D eigenvalue weighted by Gasteiger charge is 1.97. The minimum absolute atomic E-state index is 0.590. The van der Waals surface area contributed by atoms with E-state index in [0.717, 1.165) is 12.4 Å². The van der Waals surface area contributed by atoms with Crippen molar-refractivity contribution in [1.29, 1.82) is 0 Å². The van der Waals surface area contributed by atoms with Crippen LogP contribution >= 0.6 is 0 Å². The smallest absolute Gasteiger partial charge is 0.145 e. The monoisotopic (exact) mass is 229 g/mol. The van der Waals surface area contributed by atoms with Gasteiger partial charge in [0.25, 0.3) is 0 Å². The lowest BCUT2D eigenvalue weighted by atomic mass is 10.1. The number of aryl methyl sites for hydroxylation is 1. The fourth-order valence-corrected chi connectivity index (χ4v) is 1.55. The summed E-state index contributed by atoms with van der Waals surface area (Å²) in [6.45, 7) is 2.80. The van der Waals surface area contributed by atoms with Crippen molar-refractivity contribution < 1.29 is 0 Å². The number of nitrogens with zero attached hydrogens (tertiary/aromatic N) is 2. The summed E-state index contributed by atoms with van der Waals surface area (Å²) < 4.78 is 0. The SMILES string of the molecule is Cc1cccc(CNc2cc(NN)ncn2)c1. The van der Waals surface area contributed by atoms with E-state index in [9.17, 15) is 0 Å². The third-order valence-corrected chi connectivity index (χ3v) is 2.37. The number of aromatic nitrogens is 2. The number of hydrogen-bond donors (Lipinski definition) is 3. The minimum Gasteiger partial charge on any atom is -0.366 e. The van der Waals surface area contributed by atoms with E-state index < -0.39 is 0 Å². The van der Waals surface area contributed by atoms with Gasteiger partial charge in [-0.15, -0.1) is 0 Å². The number of hydrogen-bond acceptors (Lipinski definition) is 5. The molecular weight excluding hydrogens is 214 g/mol. The molecule has 1 aromatic carbocycles. The van der Waals surface area contributed by atoms with Gasteiger partial charge in [-0.1, -0.05) is 29.8 Å². The largest absolute Gasteiger partial charge is 0.366 e. The van der Waals surface area contributed by atoms with Gasteiger partial charge in [-0.05, 0) is 12.5 Å². The maximum atomic E-state index is 5.28. The first kappa shape index (κ1) is 11.3. The van der Waals surface area contributed by atoms with Gasteiger partial charge in [0.05, 0.1) is 0 Å². The lowest BCUT2D eigenvalue weighted by Crippen LogP contribution is -2.10. The van der Waals surface area contributed by atoms with Crippen molar-refractivity contribution in [2.45, 2.75) is 13.5 Å². The second kappa shape index (κ2) is 5.27. The molecule has 4 N–H and O–H groups in total. The number of hydrazine groups is 1. The zero-order valence-corrected chi connectivity index (χ0v) is 9.64. The highest BCUT2D eigenvalue weighted by Crippen LogP contribution is 2.10. The lowest BCUT2D eigenvalue weighted by Gasteiger charge is -2.07. The van der Waals surface area contributed by atoms with Gasteiger partial charge in [0.15, 0.2) is 0 Å². The fourth-order valence-electron chi connectivity index (χ4n) is 1.55. The summed E-state index contributed by atoms with van der Waals surface area (Å²) in [6.07, 6.45) is 1.47. The summed E-state index contributed by atoms with van der Waals surface area (Å²) in [6, 6.07) is 10.1. The predicted molar refractivity (Wildman–Crippen MR) is 68.3 cm³/mol. The second-order valence-electron chi connectivity index (χ2n) is 3.78. The Morgan fingerprint density at radius 3 is 2.76 bits per heavy atom. The van der Waals surface area contributed by atoms with E-state index >= 15 is 0 Å². The van der Waals surface area contributed by atoms with Crippen molar-refractivity contribution in [2.24, 2.45) is 5.84 Å². The molecule has 0 amide bonds. The Morgan fingerprint density at radius 1 is 1.18 bits per heavy atom. The van der Waals surface area contributed by atoms with E-state index in [0.29, 0.717) is 5.82 Å². The van der Waals surface area contributed by atoms with Crippen LogP contribution in [0.4, 0.5) is 11.6 Å². The number of nitrogens with one attached hydrogen (secondary N) is 2. The molecule has 88 valence electrons. The van der Waals surface area contributed by atoms with Crippen molar-refractivity contribution in [3.05, 3.63) is 47.8 Å². The van der Waals surface area contributed by atoms with E-state index in [2.05, 4.69) is 45.8 Å². The number of nitrogen functional groups attached to an aromatic ring is 1. The molecule has 0 atom stereocenters. The van der Waals surface area contributed by atoms with Crippen molar-refractivity contribution in [3.8, 4) is 0 Å². The summed E-state index contributed by atoms with van der Waals surface area (Å²) in [4.78, 5) is 8.05. The van der Waals surface area contributed by atoms with Crippen molar-refractivity contribution in [2.75, 3.05) is 10.7 Å². The van der Waals surface area contributed by atoms with E-state index in [1.165, 1.54) is 17.5 Å². The average Bonchev–Trinajstić information content (AvgIpc) is 2.37. The van der Waals surface area contributed by atoms with Gasteiger partial charge in [-0.3, -0.25) is 0 Å². The number of anilines is 2. The van der Waals surface area contributed by atoms with E-state index in [1.54, 1.807) is 6.07 Å². The van der Waals surface area contributed by atoms with Crippen LogP contribution in [0.15, 0.2) is 36.7 Å². The standard InChI is InChI=1S/C12H15N5/c1-9-3-2-4-10(5-9)7-14-11-6-12(17-13)16-8-15-11/h2-6,8H,7,13H2,1H3,(H2,14,15,16,17).